The molecule has 0 aromatic heterocycles. The van der Waals surface area contributed by atoms with E-state index in [1.165, 1.54) is 5.56 Å². The monoisotopic (exact) mass is 190 g/mol. The van der Waals surface area contributed by atoms with Crippen molar-refractivity contribution in [3.05, 3.63) is 35.9 Å². The van der Waals surface area contributed by atoms with Crippen molar-refractivity contribution >= 4 is 5.90 Å². The van der Waals surface area contributed by atoms with Crippen molar-refractivity contribution in [1.82, 2.24) is 0 Å². The maximum atomic E-state index is 5.66. The molecule has 0 spiro atoms. The molecule has 0 saturated heterocycles. The molecule has 0 fully saturated rings. The third kappa shape index (κ3) is 1.93. The summed E-state index contributed by atoms with van der Waals surface area (Å²) in [5.74, 6) is 0.793. The van der Waals surface area contributed by atoms with Crippen LogP contribution in [0.3, 0.4) is 0 Å². The Hall–Kier alpha value is -1.35. The Morgan fingerprint density at radius 3 is 2.86 bits per heavy atom. The molecule has 0 radical (unpaired) electrons. The number of ether oxygens (including phenoxy) is 1. The molecule has 1 aliphatic rings. The van der Waals surface area contributed by atoms with E-state index >= 15 is 0 Å². The van der Waals surface area contributed by atoms with Crippen molar-refractivity contribution in [2.45, 2.75) is 12.5 Å². The molecule has 0 bridgehead atoms. The van der Waals surface area contributed by atoms with Crippen LogP contribution in [0.25, 0.3) is 0 Å². The molecule has 3 heteroatoms. The number of hydrogen-bond acceptors (Lipinski definition) is 3. The second-order valence-electron chi connectivity index (χ2n) is 3.29. The summed E-state index contributed by atoms with van der Waals surface area (Å²) < 4.78 is 5.66. The first-order valence-corrected chi connectivity index (χ1v) is 4.85. The summed E-state index contributed by atoms with van der Waals surface area (Å²) >= 11 is 0. The highest BCUT2D eigenvalue weighted by Gasteiger charge is 2.20. The van der Waals surface area contributed by atoms with Gasteiger partial charge < -0.3 is 10.5 Å². The minimum Gasteiger partial charge on any atom is -0.471 e. The van der Waals surface area contributed by atoms with E-state index in [1.54, 1.807) is 0 Å². The van der Waals surface area contributed by atoms with Gasteiger partial charge in [0.25, 0.3) is 0 Å². The first-order chi connectivity index (χ1) is 6.90. The fraction of sp³-hybridized carbons (Fsp3) is 0.364. The summed E-state index contributed by atoms with van der Waals surface area (Å²) in [6, 6.07) is 10.1. The average Bonchev–Trinajstić information content (AvgIpc) is 2.68. The lowest BCUT2D eigenvalue weighted by atomic mass is 10.1. The van der Waals surface area contributed by atoms with Gasteiger partial charge in [-0.05, 0) is 5.56 Å². The summed E-state index contributed by atoms with van der Waals surface area (Å²) in [6.45, 7) is 1.32. The Bertz CT molecular complexity index is 321. The zero-order valence-electron chi connectivity index (χ0n) is 8.02. The van der Waals surface area contributed by atoms with E-state index in [0.717, 1.165) is 18.9 Å². The molecule has 1 heterocycles. The van der Waals surface area contributed by atoms with Gasteiger partial charge in [-0.25, -0.2) is 0 Å². The van der Waals surface area contributed by atoms with Gasteiger partial charge in [0, 0.05) is 13.0 Å². The molecule has 14 heavy (non-hydrogen) atoms. The zero-order valence-corrected chi connectivity index (χ0v) is 8.02. The largest absolute Gasteiger partial charge is 0.471 e. The predicted molar refractivity (Wildman–Crippen MR) is 56.2 cm³/mol. The fourth-order valence-corrected chi connectivity index (χ4v) is 1.53. The van der Waals surface area contributed by atoms with E-state index < -0.39 is 0 Å². The van der Waals surface area contributed by atoms with Crippen LogP contribution in [0, 0.1) is 0 Å². The van der Waals surface area contributed by atoms with E-state index in [-0.39, 0.29) is 6.10 Å². The molecule has 1 aromatic rings. The Labute approximate surface area is 83.6 Å². The van der Waals surface area contributed by atoms with Gasteiger partial charge in [-0.15, -0.1) is 0 Å². The lowest BCUT2D eigenvalue weighted by Gasteiger charge is -2.10. The molecule has 1 aliphatic heterocycles. The molecule has 3 nitrogen and oxygen atoms in total. The van der Waals surface area contributed by atoms with Crippen LogP contribution >= 0.6 is 0 Å². The van der Waals surface area contributed by atoms with E-state index in [0.29, 0.717) is 6.54 Å². The molecule has 0 amide bonds. The van der Waals surface area contributed by atoms with Crippen LogP contribution in [-0.2, 0) is 4.74 Å². The highest BCUT2D eigenvalue weighted by Crippen LogP contribution is 2.23. The fourth-order valence-electron chi connectivity index (χ4n) is 1.53. The average molecular weight is 190 g/mol. The second kappa shape index (κ2) is 4.24. The lowest BCUT2D eigenvalue weighted by molar-refractivity contribution is 0.224. The Balaban J connectivity index is 1.99. The molecule has 1 aromatic carbocycles. The van der Waals surface area contributed by atoms with Crippen molar-refractivity contribution in [3.8, 4) is 0 Å². The molecule has 1 unspecified atom stereocenters. The molecular weight excluding hydrogens is 176 g/mol. The molecular formula is C11H14N2O. The van der Waals surface area contributed by atoms with Crippen molar-refractivity contribution < 1.29 is 4.74 Å². The van der Waals surface area contributed by atoms with E-state index in [9.17, 15) is 0 Å². The van der Waals surface area contributed by atoms with Gasteiger partial charge in [-0.1, -0.05) is 30.3 Å². The van der Waals surface area contributed by atoms with Crippen molar-refractivity contribution in [2.75, 3.05) is 13.1 Å². The van der Waals surface area contributed by atoms with Gasteiger partial charge >= 0.3 is 0 Å². The van der Waals surface area contributed by atoms with E-state index in [4.69, 9.17) is 10.5 Å². The van der Waals surface area contributed by atoms with Gasteiger partial charge in [-0.2, -0.15) is 0 Å². The summed E-state index contributed by atoms with van der Waals surface area (Å²) in [5.41, 5.74) is 6.62. The normalized spacial score (nSPS) is 20.4. The van der Waals surface area contributed by atoms with Gasteiger partial charge in [0.2, 0.25) is 0 Å². The molecule has 74 valence electrons. The molecule has 2 N–H and O–H groups in total. The van der Waals surface area contributed by atoms with Gasteiger partial charge in [0.15, 0.2) is 5.90 Å². The minimum atomic E-state index is 0.0951. The van der Waals surface area contributed by atoms with Gasteiger partial charge in [0.1, 0.15) is 6.10 Å². The van der Waals surface area contributed by atoms with Crippen molar-refractivity contribution in [3.63, 3.8) is 0 Å². The first-order valence-electron chi connectivity index (χ1n) is 4.85. The summed E-state index contributed by atoms with van der Waals surface area (Å²) in [7, 11) is 0. The van der Waals surface area contributed by atoms with Crippen molar-refractivity contribution in [2.24, 2.45) is 10.7 Å². The third-order valence-corrected chi connectivity index (χ3v) is 2.24. The standard InChI is InChI=1S/C11H14N2O/c12-7-6-11-13-8-10(14-11)9-4-2-1-3-5-9/h1-5,10H,6-8,12H2. The van der Waals surface area contributed by atoms with Gasteiger partial charge in [-0.3, -0.25) is 4.99 Å². The highest BCUT2D eigenvalue weighted by atomic mass is 16.5. The van der Waals surface area contributed by atoms with Crippen LogP contribution in [0.15, 0.2) is 35.3 Å². The smallest absolute Gasteiger partial charge is 0.185 e. The van der Waals surface area contributed by atoms with Crippen LogP contribution in [0.5, 0.6) is 0 Å². The Morgan fingerprint density at radius 2 is 2.14 bits per heavy atom. The van der Waals surface area contributed by atoms with Crippen molar-refractivity contribution in [1.29, 1.82) is 0 Å². The SMILES string of the molecule is NCCC1=NCC(c2ccccc2)O1. The maximum absolute atomic E-state index is 5.66. The Kier molecular flexibility index (Phi) is 2.79. The maximum Gasteiger partial charge on any atom is 0.185 e. The van der Waals surface area contributed by atoms with E-state index in [2.05, 4.69) is 17.1 Å². The minimum absolute atomic E-state index is 0.0951. The van der Waals surface area contributed by atoms with Crippen LogP contribution in [-0.4, -0.2) is 19.0 Å². The number of nitrogens with zero attached hydrogens (tertiary/aromatic N) is 1. The first kappa shape index (κ1) is 9.21. The summed E-state index contributed by atoms with van der Waals surface area (Å²) in [6.07, 6.45) is 0.835. The number of hydrogen-bond donors (Lipinski definition) is 1. The second-order valence-corrected chi connectivity index (χ2v) is 3.29. The molecule has 1 atom stereocenters. The molecule has 0 aliphatic carbocycles. The molecule has 2 rings (SSSR count). The Morgan fingerprint density at radius 1 is 1.36 bits per heavy atom. The zero-order chi connectivity index (χ0) is 9.80. The summed E-state index contributed by atoms with van der Waals surface area (Å²) in [5, 5.41) is 0. The van der Waals surface area contributed by atoms with Crippen LogP contribution in [0.1, 0.15) is 18.1 Å². The number of benzene rings is 1. The summed E-state index contributed by atoms with van der Waals surface area (Å²) in [4.78, 5) is 4.30. The highest BCUT2D eigenvalue weighted by molar-refractivity contribution is 5.78. The molecule has 0 saturated carbocycles. The predicted octanol–water partition coefficient (Wildman–Crippen LogP) is 1.51. The lowest BCUT2D eigenvalue weighted by Crippen LogP contribution is -2.10. The third-order valence-electron chi connectivity index (χ3n) is 2.24. The van der Waals surface area contributed by atoms with Crippen LogP contribution in [0.2, 0.25) is 0 Å². The van der Waals surface area contributed by atoms with Gasteiger partial charge in [0.05, 0.1) is 6.54 Å². The topological polar surface area (TPSA) is 47.6 Å². The number of nitrogens with two attached hydrogens (primary N) is 1. The quantitative estimate of drug-likeness (QED) is 0.785. The number of aliphatic imine (C=N–C) groups is 1. The van der Waals surface area contributed by atoms with E-state index in [1.807, 2.05) is 18.2 Å². The van der Waals surface area contributed by atoms with Crippen LogP contribution in [0.4, 0.5) is 0 Å². The van der Waals surface area contributed by atoms with Crippen LogP contribution < -0.4 is 5.73 Å². The number of rotatable bonds is 3.